The average molecular weight is 342 g/mol. The maximum atomic E-state index is 12.1. The molecule has 0 saturated carbocycles. The normalized spacial score (nSPS) is 13.7. The lowest BCUT2D eigenvalue weighted by Crippen LogP contribution is -2.34. The third kappa shape index (κ3) is 4.67. The van der Waals surface area contributed by atoms with Gasteiger partial charge in [0.1, 0.15) is 4.21 Å². The van der Waals surface area contributed by atoms with Crippen molar-refractivity contribution in [1.82, 2.24) is 9.62 Å². The van der Waals surface area contributed by atoms with Crippen LogP contribution in [0.25, 0.3) is 0 Å². The molecule has 1 atom stereocenters. The molecular weight excluding hydrogens is 326 g/mol. The average Bonchev–Trinajstić information content (AvgIpc) is 2.69. The number of hydrogen-bond acceptors (Lipinski definition) is 6. The number of halogens is 1. The molecule has 1 aromatic rings. The molecular formula is C10H16ClN3O4S2. The van der Waals surface area contributed by atoms with Gasteiger partial charge in [0.2, 0.25) is 0 Å². The molecule has 0 saturated heterocycles. The van der Waals surface area contributed by atoms with Crippen molar-refractivity contribution in [3.05, 3.63) is 20.5 Å². The van der Waals surface area contributed by atoms with Crippen molar-refractivity contribution in [1.29, 1.82) is 0 Å². The largest absolute Gasteiger partial charge is 0.309 e. The first kappa shape index (κ1) is 17.3. The summed E-state index contributed by atoms with van der Waals surface area (Å²) >= 11 is 6.34. The Labute approximate surface area is 126 Å². The molecule has 1 heterocycles. The highest BCUT2D eigenvalue weighted by Crippen LogP contribution is 2.36. The second kappa shape index (κ2) is 6.81. The van der Waals surface area contributed by atoms with Crippen molar-refractivity contribution in [2.45, 2.75) is 23.6 Å². The van der Waals surface area contributed by atoms with Gasteiger partial charge in [-0.2, -0.15) is 0 Å². The summed E-state index contributed by atoms with van der Waals surface area (Å²) in [6.45, 7) is 2.47. The van der Waals surface area contributed by atoms with E-state index in [4.69, 9.17) is 11.6 Å². The first-order valence-corrected chi connectivity index (χ1v) is 8.42. The van der Waals surface area contributed by atoms with Gasteiger partial charge in [-0.3, -0.25) is 10.1 Å². The summed E-state index contributed by atoms with van der Waals surface area (Å²) in [7, 11) is 0.00348. The van der Waals surface area contributed by atoms with Crippen LogP contribution in [0, 0.1) is 10.1 Å². The molecule has 0 amide bonds. The Hall–Kier alpha value is -0.740. The van der Waals surface area contributed by atoms with E-state index in [0.717, 1.165) is 12.6 Å². The summed E-state index contributed by atoms with van der Waals surface area (Å²) in [5.41, 5.74) is -0.391. The highest BCUT2D eigenvalue weighted by Gasteiger charge is 2.26. The summed E-state index contributed by atoms with van der Waals surface area (Å²) in [4.78, 5) is 11.9. The molecule has 1 aromatic heterocycles. The molecule has 0 radical (unpaired) electrons. The van der Waals surface area contributed by atoms with E-state index in [1.165, 1.54) is 0 Å². The lowest BCUT2D eigenvalue weighted by molar-refractivity contribution is -0.384. The summed E-state index contributed by atoms with van der Waals surface area (Å²) < 4.78 is 26.4. The second-order valence-electron chi connectivity index (χ2n) is 4.60. The van der Waals surface area contributed by atoms with E-state index >= 15 is 0 Å². The quantitative estimate of drug-likeness (QED) is 0.604. The highest BCUT2D eigenvalue weighted by atomic mass is 35.5. The van der Waals surface area contributed by atoms with E-state index in [1.54, 1.807) is 6.92 Å². The van der Waals surface area contributed by atoms with Gasteiger partial charge < -0.3 is 4.90 Å². The minimum atomic E-state index is -3.78. The molecule has 0 fully saturated rings. The van der Waals surface area contributed by atoms with Gasteiger partial charge in [-0.05, 0) is 34.0 Å². The van der Waals surface area contributed by atoms with Crippen LogP contribution in [0.1, 0.15) is 13.3 Å². The Balaban J connectivity index is 2.83. The number of hydrogen-bond donors (Lipinski definition) is 1. The van der Waals surface area contributed by atoms with Crippen molar-refractivity contribution < 1.29 is 13.3 Å². The molecule has 0 aliphatic heterocycles. The number of thiophene rings is 1. The first-order chi connectivity index (χ1) is 9.13. The molecule has 0 aliphatic carbocycles. The Morgan fingerprint density at radius 3 is 2.60 bits per heavy atom. The van der Waals surface area contributed by atoms with Gasteiger partial charge >= 0.3 is 0 Å². The molecule has 0 aromatic carbocycles. The maximum Gasteiger partial charge on any atom is 0.300 e. The van der Waals surface area contributed by atoms with Crippen LogP contribution in [-0.2, 0) is 10.0 Å². The molecule has 10 heteroatoms. The predicted molar refractivity (Wildman–Crippen MR) is 78.9 cm³/mol. The van der Waals surface area contributed by atoms with Gasteiger partial charge in [-0.15, -0.1) is 11.3 Å². The van der Waals surface area contributed by atoms with Crippen molar-refractivity contribution in [2.24, 2.45) is 0 Å². The fraction of sp³-hybridized carbons (Fsp3) is 0.600. The van der Waals surface area contributed by atoms with E-state index in [0.29, 0.717) is 17.8 Å². The topological polar surface area (TPSA) is 92.6 Å². The predicted octanol–water partition coefficient (Wildman–Crippen LogP) is 1.93. The standard InChI is InChI=1S/C10H16ClN3O4S2/c1-7(4-5-13(2)3)12-20(17,18)9-6-8(14(15)16)10(11)19-9/h6-7,12H,4-5H2,1-3H3. The summed E-state index contributed by atoms with van der Waals surface area (Å²) in [6, 6.07) is 0.705. The molecule has 0 bridgehead atoms. The zero-order valence-electron chi connectivity index (χ0n) is 11.3. The molecule has 1 rings (SSSR count). The number of rotatable bonds is 7. The van der Waals surface area contributed by atoms with Gasteiger partial charge in [0.15, 0.2) is 4.34 Å². The van der Waals surface area contributed by atoms with Crippen LogP contribution in [-0.4, -0.2) is 44.9 Å². The second-order valence-corrected chi connectivity index (χ2v) is 8.19. The van der Waals surface area contributed by atoms with Crippen molar-refractivity contribution in [2.75, 3.05) is 20.6 Å². The number of nitrogens with one attached hydrogen (secondary N) is 1. The zero-order chi connectivity index (χ0) is 15.5. The third-order valence-electron chi connectivity index (χ3n) is 2.47. The van der Waals surface area contributed by atoms with Gasteiger partial charge in [-0.1, -0.05) is 11.6 Å². The molecule has 7 nitrogen and oxygen atoms in total. The SMILES string of the molecule is CC(CCN(C)C)NS(=O)(=O)c1cc([N+](=O)[O-])c(Cl)s1. The van der Waals surface area contributed by atoms with Crippen LogP contribution in [0.4, 0.5) is 5.69 Å². The molecule has 114 valence electrons. The van der Waals surface area contributed by atoms with E-state index in [9.17, 15) is 18.5 Å². The van der Waals surface area contributed by atoms with Gasteiger partial charge in [0.05, 0.1) is 4.92 Å². The monoisotopic (exact) mass is 341 g/mol. The van der Waals surface area contributed by atoms with Crippen LogP contribution in [0.5, 0.6) is 0 Å². The number of nitro groups is 1. The molecule has 1 N–H and O–H groups in total. The van der Waals surface area contributed by atoms with Crippen LogP contribution in [0.3, 0.4) is 0 Å². The smallest absolute Gasteiger partial charge is 0.300 e. The van der Waals surface area contributed by atoms with Gasteiger partial charge in [-0.25, -0.2) is 13.1 Å². The Morgan fingerprint density at radius 2 is 2.15 bits per heavy atom. The van der Waals surface area contributed by atoms with E-state index in [-0.39, 0.29) is 14.6 Å². The van der Waals surface area contributed by atoms with Gasteiger partial charge in [0.25, 0.3) is 15.7 Å². The van der Waals surface area contributed by atoms with Crippen LogP contribution in [0.2, 0.25) is 4.34 Å². The highest BCUT2D eigenvalue weighted by molar-refractivity contribution is 7.91. The lowest BCUT2D eigenvalue weighted by Gasteiger charge is -2.16. The summed E-state index contributed by atoms with van der Waals surface area (Å²) in [5.74, 6) is 0. The van der Waals surface area contributed by atoms with Crippen molar-refractivity contribution >= 4 is 38.6 Å². The minimum Gasteiger partial charge on any atom is -0.309 e. The maximum absolute atomic E-state index is 12.1. The van der Waals surface area contributed by atoms with E-state index in [1.807, 2.05) is 19.0 Å². The van der Waals surface area contributed by atoms with Crippen LogP contribution >= 0.6 is 22.9 Å². The molecule has 1 unspecified atom stereocenters. The fourth-order valence-corrected chi connectivity index (χ4v) is 4.39. The summed E-state index contributed by atoms with van der Waals surface area (Å²) in [5, 5.41) is 10.7. The van der Waals surface area contributed by atoms with Crippen LogP contribution in [0.15, 0.2) is 10.3 Å². The Bertz CT molecular complexity index is 585. The molecule has 0 aliphatic rings. The third-order valence-corrected chi connectivity index (χ3v) is 5.87. The Morgan fingerprint density at radius 1 is 1.55 bits per heavy atom. The van der Waals surface area contributed by atoms with Gasteiger partial charge in [0, 0.05) is 12.1 Å². The lowest BCUT2D eigenvalue weighted by atomic mass is 10.2. The number of sulfonamides is 1. The number of nitrogens with zero attached hydrogens (tertiary/aromatic N) is 2. The van der Waals surface area contributed by atoms with Crippen LogP contribution < -0.4 is 4.72 Å². The minimum absolute atomic E-state index is 0.142. The molecule has 0 spiro atoms. The van der Waals surface area contributed by atoms with Crippen molar-refractivity contribution in [3.8, 4) is 0 Å². The van der Waals surface area contributed by atoms with Crippen molar-refractivity contribution in [3.63, 3.8) is 0 Å². The fourth-order valence-electron chi connectivity index (χ4n) is 1.43. The van der Waals surface area contributed by atoms with E-state index < -0.39 is 20.6 Å². The molecule has 20 heavy (non-hydrogen) atoms. The summed E-state index contributed by atoms with van der Waals surface area (Å²) in [6.07, 6.45) is 0.632. The first-order valence-electron chi connectivity index (χ1n) is 5.74. The zero-order valence-corrected chi connectivity index (χ0v) is 13.7. The Kier molecular flexibility index (Phi) is 5.90. The van der Waals surface area contributed by atoms with E-state index in [2.05, 4.69) is 4.72 Å².